The topological polar surface area (TPSA) is 76.1 Å². The summed E-state index contributed by atoms with van der Waals surface area (Å²) in [6, 6.07) is 5.29. The van der Waals surface area contributed by atoms with Gasteiger partial charge in [-0.2, -0.15) is 0 Å². The Morgan fingerprint density at radius 1 is 1.48 bits per heavy atom. The lowest BCUT2D eigenvalue weighted by Gasteiger charge is -2.31. The first-order valence-corrected chi connectivity index (χ1v) is 6.76. The normalized spacial score (nSPS) is 19.2. The van der Waals surface area contributed by atoms with Crippen LogP contribution in [0.5, 0.6) is 5.75 Å². The van der Waals surface area contributed by atoms with Crippen LogP contribution in [0.3, 0.4) is 0 Å². The Labute approximate surface area is 123 Å². The van der Waals surface area contributed by atoms with Gasteiger partial charge in [0.15, 0.2) is 11.9 Å². The van der Waals surface area contributed by atoms with Crippen molar-refractivity contribution >= 4 is 11.8 Å². The van der Waals surface area contributed by atoms with Crippen molar-refractivity contribution < 1.29 is 24.2 Å². The van der Waals surface area contributed by atoms with E-state index in [9.17, 15) is 9.59 Å². The van der Waals surface area contributed by atoms with Crippen LogP contribution in [0.1, 0.15) is 22.8 Å². The first kappa shape index (κ1) is 15.5. The molecule has 6 heteroatoms. The summed E-state index contributed by atoms with van der Waals surface area (Å²) in [5.74, 6) is -0.271. The van der Waals surface area contributed by atoms with Gasteiger partial charge in [-0.05, 0) is 25.1 Å². The molecule has 1 unspecified atom stereocenters. The molecule has 2 rings (SSSR count). The predicted molar refractivity (Wildman–Crippen MR) is 75.7 cm³/mol. The molecule has 1 aromatic carbocycles. The quantitative estimate of drug-likeness (QED) is 0.822. The van der Waals surface area contributed by atoms with E-state index in [1.165, 1.54) is 6.92 Å². The van der Waals surface area contributed by atoms with Crippen LogP contribution in [0.25, 0.3) is 0 Å². The second-order valence-corrected chi connectivity index (χ2v) is 5.02. The number of morpholine rings is 1. The zero-order valence-electron chi connectivity index (χ0n) is 12.2. The van der Waals surface area contributed by atoms with Crippen molar-refractivity contribution in [1.82, 2.24) is 4.90 Å². The van der Waals surface area contributed by atoms with Crippen LogP contribution in [0.15, 0.2) is 18.2 Å². The van der Waals surface area contributed by atoms with Crippen molar-refractivity contribution in [2.75, 3.05) is 26.8 Å². The summed E-state index contributed by atoms with van der Waals surface area (Å²) < 4.78 is 10.5. The number of aliphatic carboxylic acids is 1. The number of Topliss-reactive ketones (excluding diaryl/α,β-unsaturated/α-hetero) is 1. The smallest absolute Gasteiger partial charge is 0.334 e. The third kappa shape index (κ3) is 3.80. The van der Waals surface area contributed by atoms with Gasteiger partial charge >= 0.3 is 5.97 Å². The standard InChI is InChI=1S/C15H19NO5/c1-10(17)11-3-4-13(20-2)12(7-11)8-16-5-6-21-14(9-16)15(18)19/h3-4,7,14H,5-6,8-9H2,1-2H3,(H,18,19). The molecule has 1 aliphatic heterocycles. The predicted octanol–water partition coefficient (Wildman–Crippen LogP) is 1.18. The lowest BCUT2D eigenvalue weighted by molar-refractivity contribution is -0.156. The van der Waals surface area contributed by atoms with Gasteiger partial charge in [-0.3, -0.25) is 9.69 Å². The number of hydrogen-bond acceptors (Lipinski definition) is 5. The molecule has 1 N–H and O–H groups in total. The average molecular weight is 293 g/mol. The van der Waals surface area contributed by atoms with Gasteiger partial charge in [0.2, 0.25) is 0 Å². The molecule has 0 spiro atoms. The molecular formula is C15H19NO5. The van der Waals surface area contributed by atoms with Crippen LogP contribution in [0.4, 0.5) is 0 Å². The molecule has 0 amide bonds. The van der Waals surface area contributed by atoms with Crippen LogP contribution in [-0.2, 0) is 16.1 Å². The maximum atomic E-state index is 11.5. The van der Waals surface area contributed by atoms with E-state index < -0.39 is 12.1 Å². The highest BCUT2D eigenvalue weighted by molar-refractivity contribution is 5.94. The summed E-state index contributed by atoms with van der Waals surface area (Å²) in [7, 11) is 1.58. The molecule has 1 atom stereocenters. The van der Waals surface area contributed by atoms with Gasteiger partial charge in [-0.1, -0.05) is 0 Å². The van der Waals surface area contributed by atoms with Crippen LogP contribution < -0.4 is 4.74 Å². The largest absolute Gasteiger partial charge is 0.496 e. The van der Waals surface area contributed by atoms with Gasteiger partial charge in [0, 0.05) is 30.8 Å². The van der Waals surface area contributed by atoms with E-state index in [0.717, 1.165) is 5.56 Å². The van der Waals surface area contributed by atoms with E-state index in [0.29, 0.717) is 37.6 Å². The van der Waals surface area contributed by atoms with E-state index in [4.69, 9.17) is 14.6 Å². The van der Waals surface area contributed by atoms with E-state index in [1.807, 2.05) is 4.90 Å². The zero-order chi connectivity index (χ0) is 15.4. The van der Waals surface area contributed by atoms with Gasteiger partial charge in [-0.25, -0.2) is 4.79 Å². The van der Waals surface area contributed by atoms with Gasteiger partial charge in [0.25, 0.3) is 0 Å². The number of methoxy groups -OCH3 is 1. The van der Waals surface area contributed by atoms with Crippen LogP contribution in [0.2, 0.25) is 0 Å². The van der Waals surface area contributed by atoms with Gasteiger partial charge in [0.1, 0.15) is 5.75 Å². The van der Waals surface area contributed by atoms with E-state index in [1.54, 1.807) is 25.3 Å². The summed E-state index contributed by atoms with van der Waals surface area (Å²) in [5, 5.41) is 9.02. The average Bonchev–Trinajstić information content (AvgIpc) is 2.47. The molecule has 0 saturated carbocycles. The Bertz CT molecular complexity index is 543. The summed E-state index contributed by atoms with van der Waals surface area (Å²) in [4.78, 5) is 24.5. The molecular weight excluding hydrogens is 274 g/mol. The van der Waals surface area contributed by atoms with Crippen molar-refractivity contribution in [3.8, 4) is 5.75 Å². The number of rotatable bonds is 5. The minimum absolute atomic E-state index is 0.00991. The Kier molecular flexibility index (Phi) is 4.93. The number of benzene rings is 1. The summed E-state index contributed by atoms with van der Waals surface area (Å²) in [5.41, 5.74) is 1.49. The zero-order valence-corrected chi connectivity index (χ0v) is 12.2. The number of ether oxygens (including phenoxy) is 2. The minimum atomic E-state index is -0.954. The third-order valence-electron chi connectivity index (χ3n) is 3.51. The summed E-state index contributed by atoms with van der Waals surface area (Å²) in [6.45, 7) is 3.39. The number of carbonyl (C=O) groups excluding carboxylic acids is 1. The highest BCUT2D eigenvalue weighted by Crippen LogP contribution is 2.23. The molecule has 114 valence electrons. The number of carboxylic acids is 1. The molecule has 0 radical (unpaired) electrons. The third-order valence-corrected chi connectivity index (χ3v) is 3.51. The molecule has 0 aliphatic carbocycles. The Balaban J connectivity index is 2.15. The maximum absolute atomic E-state index is 11.5. The van der Waals surface area contributed by atoms with Crippen LogP contribution >= 0.6 is 0 Å². The molecule has 1 saturated heterocycles. The van der Waals surface area contributed by atoms with Crippen LogP contribution in [-0.4, -0.2) is 54.7 Å². The van der Waals surface area contributed by atoms with Crippen molar-refractivity contribution in [2.24, 2.45) is 0 Å². The van der Waals surface area contributed by atoms with E-state index >= 15 is 0 Å². The molecule has 1 aliphatic rings. The summed E-state index contributed by atoms with van der Waals surface area (Å²) >= 11 is 0. The van der Waals surface area contributed by atoms with Gasteiger partial charge in [-0.15, -0.1) is 0 Å². The van der Waals surface area contributed by atoms with Crippen molar-refractivity contribution in [3.63, 3.8) is 0 Å². The number of nitrogens with zero attached hydrogens (tertiary/aromatic N) is 1. The fourth-order valence-corrected chi connectivity index (χ4v) is 2.36. The lowest BCUT2D eigenvalue weighted by atomic mass is 10.1. The first-order chi connectivity index (χ1) is 10.0. The van der Waals surface area contributed by atoms with Crippen molar-refractivity contribution in [2.45, 2.75) is 19.6 Å². The Hall–Kier alpha value is -1.92. The summed E-state index contributed by atoms with van der Waals surface area (Å²) in [6.07, 6.45) is -0.805. The maximum Gasteiger partial charge on any atom is 0.334 e. The van der Waals surface area contributed by atoms with Gasteiger partial charge < -0.3 is 14.6 Å². The Morgan fingerprint density at radius 2 is 2.24 bits per heavy atom. The second kappa shape index (κ2) is 6.69. The number of carboxylic acid groups (broad SMARTS) is 1. The number of ketones is 1. The molecule has 6 nitrogen and oxygen atoms in total. The fourth-order valence-electron chi connectivity index (χ4n) is 2.36. The fraction of sp³-hybridized carbons (Fsp3) is 0.467. The molecule has 0 aromatic heterocycles. The molecule has 21 heavy (non-hydrogen) atoms. The highest BCUT2D eigenvalue weighted by atomic mass is 16.5. The molecule has 1 fully saturated rings. The monoisotopic (exact) mass is 293 g/mol. The number of hydrogen-bond donors (Lipinski definition) is 1. The van der Waals surface area contributed by atoms with Crippen LogP contribution in [0, 0.1) is 0 Å². The van der Waals surface area contributed by atoms with Gasteiger partial charge in [0.05, 0.1) is 13.7 Å². The highest BCUT2D eigenvalue weighted by Gasteiger charge is 2.26. The second-order valence-electron chi connectivity index (χ2n) is 5.02. The van der Waals surface area contributed by atoms with Crippen molar-refractivity contribution in [3.05, 3.63) is 29.3 Å². The lowest BCUT2D eigenvalue weighted by Crippen LogP contribution is -2.45. The van der Waals surface area contributed by atoms with Crippen molar-refractivity contribution in [1.29, 1.82) is 0 Å². The number of carbonyl (C=O) groups is 2. The Morgan fingerprint density at radius 3 is 2.86 bits per heavy atom. The first-order valence-electron chi connectivity index (χ1n) is 6.76. The van der Waals surface area contributed by atoms with E-state index in [2.05, 4.69) is 0 Å². The molecule has 1 aromatic rings. The minimum Gasteiger partial charge on any atom is -0.496 e. The molecule has 1 heterocycles. The molecule has 0 bridgehead atoms. The SMILES string of the molecule is COc1ccc(C(C)=O)cc1CN1CCOC(C(=O)O)C1. The van der Waals surface area contributed by atoms with E-state index in [-0.39, 0.29) is 5.78 Å².